The third-order valence-electron chi connectivity index (χ3n) is 1.82. The molecule has 0 saturated carbocycles. The van der Waals surface area contributed by atoms with Gasteiger partial charge in [0, 0.05) is 0 Å². The smallest absolute Gasteiger partial charge is 0.294 e. The van der Waals surface area contributed by atoms with Gasteiger partial charge in [0.05, 0.1) is 22.4 Å². The molecule has 0 aliphatic rings. The summed E-state index contributed by atoms with van der Waals surface area (Å²) in [5.74, 6) is 0. The molecule has 74 valence electrons. The van der Waals surface area contributed by atoms with Crippen molar-refractivity contribution in [2.45, 2.75) is 4.90 Å². The van der Waals surface area contributed by atoms with E-state index in [1.165, 1.54) is 18.5 Å². The molecule has 0 aliphatic carbocycles. The second-order valence-corrected chi connectivity index (χ2v) is 4.21. The summed E-state index contributed by atoms with van der Waals surface area (Å²) in [6.45, 7) is 0. The first-order chi connectivity index (χ1) is 6.48. The van der Waals surface area contributed by atoms with Crippen LogP contribution in [-0.2, 0) is 10.1 Å². The predicted octanol–water partition coefficient (Wildman–Crippen LogP) is 0.392. The highest BCUT2D eigenvalue weighted by Crippen LogP contribution is 2.22. The molecular formula is C7H7N3O3S. The van der Waals surface area contributed by atoms with Crippen molar-refractivity contribution in [3.8, 4) is 0 Å². The first-order valence-electron chi connectivity index (χ1n) is 3.68. The summed E-state index contributed by atoms with van der Waals surface area (Å²) >= 11 is 0. The lowest BCUT2D eigenvalue weighted by molar-refractivity contribution is 0.483. The number of rotatable bonds is 1. The molecule has 2 rings (SSSR count). The van der Waals surface area contributed by atoms with Gasteiger partial charge in [-0.05, 0) is 12.1 Å². The predicted molar refractivity (Wildman–Crippen MR) is 50.3 cm³/mol. The van der Waals surface area contributed by atoms with Crippen LogP contribution in [-0.4, -0.2) is 22.9 Å². The molecule has 2 aromatic rings. The van der Waals surface area contributed by atoms with Crippen molar-refractivity contribution in [2.24, 2.45) is 0 Å². The van der Waals surface area contributed by atoms with Crippen LogP contribution >= 0.6 is 0 Å². The zero-order valence-corrected chi connectivity index (χ0v) is 7.75. The molecule has 0 unspecified atom stereocenters. The highest BCUT2D eigenvalue weighted by molar-refractivity contribution is 7.85. The number of aromatic nitrogens is 2. The molecule has 0 spiro atoms. The van der Waals surface area contributed by atoms with Crippen molar-refractivity contribution >= 4 is 26.8 Å². The normalized spacial score (nSPS) is 12.1. The maximum absolute atomic E-state index is 10.8. The number of fused-ring (bicyclic) bond motifs is 1. The Morgan fingerprint density at radius 2 is 2.14 bits per heavy atom. The Morgan fingerprint density at radius 1 is 1.43 bits per heavy atom. The van der Waals surface area contributed by atoms with Crippen molar-refractivity contribution in [3.63, 3.8) is 0 Å². The van der Waals surface area contributed by atoms with Crippen LogP contribution in [0.15, 0.2) is 23.4 Å². The molecule has 0 atom stereocenters. The summed E-state index contributed by atoms with van der Waals surface area (Å²) in [5, 5.41) is 0. The van der Waals surface area contributed by atoms with Crippen LogP contribution in [0.1, 0.15) is 0 Å². The van der Waals surface area contributed by atoms with Gasteiger partial charge in [0.25, 0.3) is 10.1 Å². The molecule has 0 radical (unpaired) electrons. The molecule has 1 aromatic heterocycles. The van der Waals surface area contributed by atoms with Crippen LogP contribution in [0.2, 0.25) is 0 Å². The van der Waals surface area contributed by atoms with E-state index in [9.17, 15) is 8.42 Å². The standard InChI is InChI=1S/C7H7N3O3S/c8-5-1-4(14(11,12)13)2-6-7(5)10-3-9-6/h1-3H,8H2,(H,9,10)(H,11,12,13). The maximum Gasteiger partial charge on any atom is 0.294 e. The quantitative estimate of drug-likeness (QED) is 0.469. The van der Waals surface area contributed by atoms with Gasteiger partial charge in [0.15, 0.2) is 0 Å². The molecule has 0 bridgehead atoms. The fourth-order valence-corrected chi connectivity index (χ4v) is 1.74. The van der Waals surface area contributed by atoms with Gasteiger partial charge in [0.1, 0.15) is 5.52 Å². The number of hydrogen-bond donors (Lipinski definition) is 3. The van der Waals surface area contributed by atoms with Gasteiger partial charge in [-0.25, -0.2) is 4.98 Å². The molecule has 4 N–H and O–H groups in total. The minimum atomic E-state index is -4.22. The second kappa shape index (κ2) is 2.69. The van der Waals surface area contributed by atoms with Crippen molar-refractivity contribution in [2.75, 3.05) is 5.73 Å². The SMILES string of the molecule is Nc1cc(S(=O)(=O)O)cc2[nH]cnc12. The number of benzene rings is 1. The molecule has 0 amide bonds. The largest absolute Gasteiger partial charge is 0.397 e. The van der Waals surface area contributed by atoms with E-state index in [0.29, 0.717) is 11.0 Å². The lowest BCUT2D eigenvalue weighted by atomic mass is 10.3. The molecule has 0 fully saturated rings. The molecular weight excluding hydrogens is 206 g/mol. The minimum Gasteiger partial charge on any atom is -0.397 e. The van der Waals surface area contributed by atoms with E-state index in [2.05, 4.69) is 9.97 Å². The molecule has 1 aromatic carbocycles. The van der Waals surface area contributed by atoms with Crippen LogP contribution in [0.4, 0.5) is 5.69 Å². The van der Waals surface area contributed by atoms with Crippen molar-refractivity contribution < 1.29 is 13.0 Å². The Labute approximate surface area is 79.5 Å². The van der Waals surface area contributed by atoms with Gasteiger partial charge >= 0.3 is 0 Å². The fourth-order valence-electron chi connectivity index (χ4n) is 1.20. The zero-order valence-electron chi connectivity index (χ0n) is 6.93. The average molecular weight is 213 g/mol. The van der Waals surface area contributed by atoms with Crippen LogP contribution in [0.25, 0.3) is 11.0 Å². The number of hydrogen-bond acceptors (Lipinski definition) is 4. The lowest BCUT2D eigenvalue weighted by Gasteiger charge is -1.99. The van der Waals surface area contributed by atoms with E-state index in [1.54, 1.807) is 0 Å². The molecule has 1 heterocycles. The highest BCUT2D eigenvalue weighted by atomic mass is 32.2. The van der Waals surface area contributed by atoms with Gasteiger partial charge in [-0.3, -0.25) is 4.55 Å². The van der Waals surface area contributed by atoms with Gasteiger partial charge in [-0.2, -0.15) is 8.42 Å². The number of nitrogen functional groups attached to an aromatic ring is 1. The monoisotopic (exact) mass is 213 g/mol. The van der Waals surface area contributed by atoms with Gasteiger partial charge in [-0.1, -0.05) is 0 Å². The fraction of sp³-hybridized carbons (Fsp3) is 0. The molecule has 6 nitrogen and oxygen atoms in total. The average Bonchev–Trinajstić information content (AvgIpc) is 2.50. The van der Waals surface area contributed by atoms with Crippen molar-refractivity contribution in [1.82, 2.24) is 9.97 Å². The van der Waals surface area contributed by atoms with Crippen LogP contribution in [0.5, 0.6) is 0 Å². The van der Waals surface area contributed by atoms with E-state index in [0.717, 1.165) is 0 Å². The summed E-state index contributed by atoms with van der Waals surface area (Å²) in [7, 11) is -4.22. The van der Waals surface area contributed by atoms with Gasteiger partial charge in [-0.15, -0.1) is 0 Å². The molecule has 7 heteroatoms. The van der Waals surface area contributed by atoms with Crippen LogP contribution < -0.4 is 5.73 Å². The number of imidazole rings is 1. The van der Waals surface area contributed by atoms with E-state index in [-0.39, 0.29) is 10.6 Å². The number of nitrogens with zero attached hydrogens (tertiary/aromatic N) is 1. The second-order valence-electron chi connectivity index (χ2n) is 2.79. The summed E-state index contributed by atoms with van der Waals surface area (Å²) < 4.78 is 30.4. The first kappa shape index (κ1) is 8.97. The van der Waals surface area contributed by atoms with E-state index < -0.39 is 10.1 Å². The van der Waals surface area contributed by atoms with Gasteiger partial charge in [0.2, 0.25) is 0 Å². The van der Waals surface area contributed by atoms with E-state index >= 15 is 0 Å². The Bertz CT molecular complexity index is 587. The molecule has 0 saturated heterocycles. The summed E-state index contributed by atoms with van der Waals surface area (Å²) in [4.78, 5) is 6.35. The summed E-state index contributed by atoms with van der Waals surface area (Å²) in [6, 6.07) is 2.44. The maximum atomic E-state index is 10.8. The Morgan fingerprint density at radius 3 is 2.79 bits per heavy atom. The highest BCUT2D eigenvalue weighted by Gasteiger charge is 2.13. The van der Waals surface area contributed by atoms with Crippen molar-refractivity contribution in [1.29, 1.82) is 0 Å². The Balaban J connectivity index is 2.83. The summed E-state index contributed by atoms with van der Waals surface area (Å²) in [6.07, 6.45) is 1.40. The summed E-state index contributed by atoms with van der Waals surface area (Å²) in [5.41, 5.74) is 6.70. The van der Waals surface area contributed by atoms with Gasteiger partial charge < -0.3 is 10.7 Å². The van der Waals surface area contributed by atoms with E-state index in [4.69, 9.17) is 10.3 Å². The number of H-pyrrole nitrogens is 1. The first-order valence-corrected chi connectivity index (χ1v) is 5.12. The topological polar surface area (TPSA) is 109 Å². The number of aromatic amines is 1. The number of nitrogens with one attached hydrogen (secondary N) is 1. The van der Waals surface area contributed by atoms with Crippen LogP contribution in [0, 0.1) is 0 Å². The molecule has 0 aliphatic heterocycles. The minimum absolute atomic E-state index is 0.205. The Kier molecular flexibility index (Phi) is 1.73. The third kappa shape index (κ3) is 1.32. The Hall–Kier alpha value is -1.60. The third-order valence-corrected chi connectivity index (χ3v) is 2.66. The van der Waals surface area contributed by atoms with Crippen molar-refractivity contribution in [3.05, 3.63) is 18.5 Å². The number of nitrogens with two attached hydrogens (primary N) is 1. The number of anilines is 1. The molecule has 14 heavy (non-hydrogen) atoms. The van der Waals surface area contributed by atoms with E-state index in [1.807, 2.05) is 0 Å². The lowest BCUT2D eigenvalue weighted by Crippen LogP contribution is -1.99. The zero-order chi connectivity index (χ0) is 10.3. The van der Waals surface area contributed by atoms with Crippen LogP contribution in [0.3, 0.4) is 0 Å².